The van der Waals surface area contributed by atoms with Crippen molar-refractivity contribution in [2.45, 2.75) is 13.0 Å². The molecule has 3 rings (SSSR count). The first kappa shape index (κ1) is 19.6. The van der Waals surface area contributed by atoms with E-state index in [1.807, 2.05) is 48.5 Å². The highest BCUT2D eigenvalue weighted by molar-refractivity contribution is 9.10. The van der Waals surface area contributed by atoms with Crippen LogP contribution in [0.15, 0.2) is 82.4 Å². The van der Waals surface area contributed by atoms with E-state index in [1.165, 1.54) is 0 Å². The molecule has 0 bridgehead atoms. The monoisotopic (exact) mass is 438 g/mol. The van der Waals surface area contributed by atoms with E-state index in [4.69, 9.17) is 4.74 Å². The maximum Gasteiger partial charge on any atom is 0.244 e. The number of phenols is 1. The Morgan fingerprint density at radius 2 is 1.82 bits per heavy atom. The van der Waals surface area contributed by atoms with Gasteiger partial charge in [-0.05, 0) is 57.4 Å². The summed E-state index contributed by atoms with van der Waals surface area (Å²) in [5.41, 5.74) is 5.11. The molecule has 1 amide bonds. The Bertz CT molecular complexity index is 975. The highest BCUT2D eigenvalue weighted by Gasteiger charge is 2.04. The zero-order valence-corrected chi connectivity index (χ0v) is 16.6. The van der Waals surface area contributed by atoms with Crippen LogP contribution in [-0.4, -0.2) is 17.2 Å². The number of nitrogens with one attached hydrogen (secondary N) is 1. The van der Waals surface area contributed by atoms with Crippen LogP contribution < -0.4 is 10.2 Å². The van der Waals surface area contributed by atoms with Crippen LogP contribution >= 0.6 is 15.9 Å². The number of carbonyl (C=O) groups is 1. The first-order chi connectivity index (χ1) is 13.6. The largest absolute Gasteiger partial charge is 0.508 e. The molecule has 3 aromatic carbocycles. The van der Waals surface area contributed by atoms with Crippen LogP contribution in [0.25, 0.3) is 0 Å². The Hall–Kier alpha value is -3.12. The average molecular weight is 439 g/mol. The number of ether oxygens (including phenoxy) is 1. The summed E-state index contributed by atoms with van der Waals surface area (Å²) in [6, 6.07) is 22.1. The van der Waals surface area contributed by atoms with Gasteiger partial charge in [-0.25, -0.2) is 5.43 Å². The molecule has 0 saturated carbocycles. The molecule has 0 aromatic heterocycles. The Morgan fingerprint density at radius 3 is 2.57 bits per heavy atom. The van der Waals surface area contributed by atoms with Crippen LogP contribution in [0.4, 0.5) is 0 Å². The predicted octanol–water partition coefficient (Wildman–Crippen LogP) is 4.43. The normalized spacial score (nSPS) is 10.8. The van der Waals surface area contributed by atoms with Crippen molar-refractivity contribution in [3.05, 3.63) is 94.0 Å². The van der Waals surface area contributed by atoms with Gasteiger partial charge in [-0.3, -0.25) is 4.79 Å². The maximum atomic E-state index is 11.9. The first-order valence-electron chi connectivity index (χ1n) is 8.66. The molecule has 3 aromatic rings. The van der Waals surface area contributed by atoms with Gasteiger partial charge in [0.25, 0.3) is 0 Å². The minimum absolute atomic E-state index is 0.132. The van der Waals surface area contributed by atoms with Crippen molar-refractivity contribution >= 4 is 28.1 Å². The third kappa shape index (κ3) is 5.96. The van der Waals surface area contributed by atoms with Crippen LogP contribution in [-0.2, 0) is 17.8 Å². The quantitative estimate of drug-likeness (QED) is 0.423. The van der Waals surface area contributed by atoms with E-state index in [2.05, 4.69) is 26.5 Å². The van der Waals surface area contributed by atoms with Gasteiger partial charge in [0.15, 0.2) is 0 Å². The molecule has 142 valence electrons. The van der Waals surface area contributed by atoms with Crippen molar-refractivity contribution in [2.24, 2.45) is 5.10 Å². The van der Waals surface area contributed by atoms with Crippen molar-refractivity contribution in [3.8, 4) is 11.5 Å². The van der Waals surface area contributed by atoms with Crippen LogP contribution in [0, 0.1) is 0 Å². The molecule has 0 aliphatic heterocycles. The number of hydrogen-bond acceptors (Lipinski definition) is 4. The molecule has 28 heavy (non-hydrogen) atoms. The molecule has 2 N–H and O–H groups in total. The van der Waals surface area contributed by atoms with Gasteiger partial charge in [-0.1, -0.05) is 42.5 Å². The lowest BCUT2D eigenvalue weighted by molar-refractivity contribution is -0.120. The number of benzene rings is 3. The summed E-state index contributed by atoms with van der Waals surface area (Å²) >= 11 is 3.49. The van der Waals surface area contributed by atoms with Crippen molar-refractivity contribution < 1.29 is 14.6 Å². The van der Waals surface area contributed by atoms with Crippen molar-refractivity contribution in [2.75, 3.05) is 0 Å². The second kappa shape index (κ2) is 9.71. The molecule has 0 saturated heterocycles. The summed E-state index contributed by atoms with van der Waals surface area (Å²) in [7, 11) is 0. The zero-order chi connectivity index (χ0) is 19.8. The number of nitrogens with zero attached hydrogens (tertiary/aromatic N) is 1. The first-order valence-corrected chi connectivity index (χ1v) is 9.45. The Labute approximate surface area is 171 Å². The highest BCUT2D eigenvalue weighted by Crippen LogP contribution is 2.22. The minimum atomic E-state index is -0.263. The van der Waals surface area contributed by atoms with Gasteiger partial charge < -0.3 is 9.84 Å². The molecule has 0 spiro atoms. The number of hydrogen-bond donors (Lipinski definition) is 2. The minimum Gasteiger partial charge on any atom is -0.508 e. The van der Waals surface area contributed by atoms with E-state index in [9.17, 15) is 9.90 Å². The van der Waals surface area contributed by atoms with Gasteiger partial charge in [-0.15, -0.1) is 0 Å². The summed E-state index contributed by atoms with van der Waals surface area (Å²) < 4.78 is 6.59. The topological polar surface area (TPSA) is 70.9 Å². The lowest BCUT2D eigenvalue weighted by Crippen LogP contribution is -2.19. The molecular formula is C22H19BrN2O3. The fourth-order valence-electron chi connectivity index (χ4n) is 2.51. The van der Waals surface area contributed by atoms with Gasteiger partial charge in [0.1, 0.15) is 18.1 Å². The number of phenolic OH excluding ortho intramolecular Hbond substituents is 1. The number of aromatic hydroxyl groups is 1. The van der Waals surface area contributed by atoms with Gasteiger partial charge in [0, 0.05) is 10.0 Å². The predicted molar refractivity (Wildman–Crippen MR) is 112 cm³/mol. The van der Waals surface area contributed by atoms with E-state index in [0.717, 1.165) is 21.3 Å². The second-order valence-corrected chi connectivity index (χ2v) is 6.95. The maximum absolute atomic E-state index is 11.9. The molecule has 0 fully saturated rings. The summed E-state index contributed by atoms with van der Waals surface area (Å²) in [6.45, 7) is 0.492. The second-order valence-electron chi connectivity index (χ2n) is 6.10. The van der Waals surface area contributed by atoms with Crippen molar-refractivity contribution in [1.82, 2.24) is 5.43 Å². The Balaban J connectivity index is 1.53. The van der Waals surface area contributed by atoms with Crippen LogP contribution in [0.3, 0.4) is 0 Å². The van der Waals surface area contributed by atoms with E-state index in [1.54, 1.807) is 30.5 Å². The molecule has 0 atom stereocenters. The molecule has 0 radical (unpaired) electrons. The zero-order valence-electron chi connectivity index (χ0n) is 15.0. The molecule has 0 unspecified atom stereocenters. The Kier molecular flexibility index (Phi) is 6.81. The summed E-state index contributed by atoms with van der Waals surface area (Å²) in [6.07, 6.45) is 1.70. The highest BCUT2D eigenvalue weighted by atomic mass is 79.9. The van der Waals surface area contributed by atoms with E-state index < -0.39 is 0 Å². The average Bonchev–Trinajstić information content (AvgIpc) is 2.69. The molecule has 0 aliphatic rings. The number of rotatable bonds is 7. The van der Waals surface area contributed by atoms with Gasteiger partial charge in [-0.2, -0.15) is 5.10 Å². The molecule has 6 heteroatoms. The van der Waals surface area contributed by atoms with Crippen LogP contribution in [0.5, 0.6) is 11.5 Å². The Morgan fingerprint density at radius 1 is 1.04 bits per heavy atom. The van der Waals surface area contributed by atoms with Gasteiger partial charge >= 0.3 is 0 Å². The van der Waals surface area contributed by atoms with Gasteiger partial charge in [0.2, 0.25) is 5.91 Å². The third-order valence-corrected chi connectivity index (χ3v) is 4.58. The van der Waals surface area contributed by atoms with Gasteiger partial charge in [0.05, 0.1) is 12.6 Å². The molecule has 0 aliphatic carbocycles. The van der Waals surface area contributed by atoms with E-state index >= 15 is 0 Å². The summed E-state index contributed by atoms with van der Waals surface area (Å²) in [4.78, 5) is 11.9. The van der Waals surface area contributed by atoms with Crippen LogP contribution in [0.2, 0.25) is 0 Å². The molecule has 5 nitrogen and oxygen atoms in total. The lowest BCUT2D eigenvalue weighted by Gasteiger charge is -2.08. The number of amides is 1. The SMILES string of the molecule is O=C(Cc1cccc(O)c1)N/N=C/c1ccc(OCc2ccccc2)cc1Br. The third-order valence-electron chi connectivity index (χ3n) is 3.89. The fourth-order valence-corrected chi connectivity index (χ4v) is 2.97. The standard InChI is InChI=1S/C22H19BrN2O3/c23-21-13-20(28-15-16-5-2-1-3-6-16)10-9-18(21)14-24-25-22(27)12-17-7-4-8-19(26)11-17/h1-11,13-14,26H,12,15H2,(H,25,27)/b24-14+. The molecular weight excluding hydrogens is 420 g/mol. The summed E-state index contributed by atoms with van der Waals surface area (Å²) in [5, 5.41) is 13.4. The van der Waals surface area contributed by atoms with Crippen molar-refractivity contribution in [3.63, 3.8) is 0 Å². The smallest absolute Gasteiger partial charge is 0.244 e. The number of carbonyl (C=O) groups excluding carboxylic acids is 1. The van der Waals surface area contributed by atoms with Crippen molar-refractivity contribution in [1.29, 1.82) is 0 Å². The van der Waals surface area contributed by atoms with E-state index in [0.29, 0.717) is 12.2 Å². The number of hydrazone groups is 1. The number of halogens is 1. The van der Waals surface area contributed by atoms with Crippen LogP contribution in [0.1, 0.15) is 16.7 Å². The fraction of sp³-hybridized carbons (Fsp3) is 0.0909. The molecule has 0 heterocycles. The lowest BCUT2D eigenvalue weighted by atomic mass is 10.1. The van der Waals surface area contributed by atoms with E-state index in [-0.39, 0.29) is 18.1 Å². The summed E-state index contributed by atoms with van der Waals surface area (Å²) in [5.74, 6) is 0.605.